The number of carbonyl (C=O) groups excluding carboxylic acids is 2. The number of esters is 1. The Bertz CT molecular complexity index is 348. The highest BCUT2D eigenvalue weighted by Crippen LogP contribution is 2.39. The summed E-state index contributed by atoms with van der Waals surface area (Å²) in [7, 11) is 0. The van der Waals surface area contributed by atoms with Crippen molar-refractivity contribution < 1.29 is 23.8 Å². The first kappa shape index (κ1) is 11.2. The van der Waals surface area contributed by atoms with Crippen molar-refractivity contribution in [2.75, 3.05) is 6.73 Å². The van der Waals surface area contributed by atoms with Gasteiger partial charge in [-0.1, -0.05) is 0 Å². The monoisotopic (exact) mass is 229 g/mol. The molecule has 2 aliphatic heterocycles. The molecule has 90 valence electrons. The van der Waals surface area contributed by atoms with E-state index in [1.807, 2.05) is 0 Å². The molecule has 0 radical (unpaired) electrons. The molecule has 2 aliphatic rings. The number of ether oxygens (including phenoxy) is 3. The van der Waals surface area contributed by atoms with Gasteiger partial charge in [0.15, 0.2) is 6.04 Å². The van der Waals surface area contributed by atoms with Crippen LogP contribution in [0.25, 0.3) is 0 Å². The van der Waals surface area contributed by atoms with Gasteiger partial charge in [0.1, 0.15) is 12.3 Å². The molecule has 2 heterocycles. The molecule has 0 aromatic heterocycles. The number of hydrogen-bond acceptors (Lipinski definition) is 5. The zero-order valence-corrected chi connectivity index (χ0v) is 9.77. The van der Waals surface area contributed by atoms with Crippen molar-refractivity contribution in [3.8, 4) is 0 Å². The van der Waals surface area contributed by atoms with E-state index in [1.54, 1.807) is 27.7 Å². The molecule has 16 heavy (non-hydrogen) atoms. The Labute approximate surface area is 93.4 Å². The second kappa shape index (κ2) is 3.10. The molecule has 2 atom stereocenters. The zero-order valence-electron chi connectivity index (χ0n) is 9.77. The van der Waals surface area contributed by atoms with Crippen molar-refractivity contribution in [3.63, 3.8) is 0 Å². The Morgan fingerprint density at radius 1 is 1.56 bits per heavy atom. The minimum atomic E-state index is -0.992. The van der Waals surface area contributed by atoms with Crippen LogP contribution in [0.2, 0.25) is 0 Å². The first-order chi connectivity index (χ1) is 7.23. The van der Waals surface area contributed by atoms with Crippen molar-refractivity contribution in [1.82, 2.24) is 4.90 Å². The lowest BCUT2D eigenvalue weighted by Crippen LogP contribution is -2.63. The number of rotatable bonds is 0. The second-order valence-corrected chi connectivity index (χ2v) is 5.06. The Hall–Kier alpha value is -1.30. The second-order valence-electron chi connectivity index (χ2n) is 5.06. The van der Waals surface area contributed by atoms with Crippen molar-refractivity contribution in [3.05, 3.63) is 0 Å². The molecule has 1 amide bonds. The summed E-state index contributed by atoms with van der Waals surface area (Å²) in [5.74, 6) is -1.44. The van der Waals surface area contributed by atoms with Gasteiger partial charge >= 0.3 is 12.1 Å². The molecule has 0 spiro atoms. The average Bonchev–Trinajstić information content (AvgIpc) is 2.34. The van der Waals surface area contributed by atoms with E-state index in [1.165, 1.54) is 4.90 Å². The molecule has 2 rings (SSSR count). The maximum Gasteiger partial charge on any atom is 0.413 e. The van der Waals surface area contributed by atoms with Crippen LogP contribution in [-0.4, -0.2) is 41.1 Å². The van der Waals surface area contributed by atoms with Gasteiger partial charge in [-0.3, -0.25) is 4.90 Å². The summed E-state index contributed by atoms with van der Waals surface area (Å²) in [5.41, 5.74) is -0.594. The van der Waals surface area contributed by atoms with Gasteiger partial charge < -0.3 is 14.2 Å². The predicted molar refractivity (Wildman–Crippen MR) is 52.3 cm³/mol. The lowest BCUT2D eigenvalue weighted by atomic mass is 10.0. The Morgan fingerprint density at radius 2 is 2.19 bits per heavy atom. The summed E-state index contributed by atoms with van der Waals surface area (Å²) in [5, 5.41) is 0. The lowest BCUT2D eigenvalue weighted by molar-refractivity contribution is -0.254. The number of amides is 1. The van der Waals surface area contributed by atoms with Crippen LogP contribution in [0.1, 0.15) is 27.7 Å². The minimum Gasteiger partial charge on any atom is -0.444 e. The van der Waals surface area contributed by atoms with Crippen LogP contribution < -0.4 is 0 Å². The first-order valence-electron chi connectivity index (χ1n) is 5.09. The fourth-order valence-electron chi connectivity index (χ4n) is 1.74. The Kier molecular flexibility index (Phi) is 2.17. The molecule has 2 fully saturated rings. The molecule has 0 N–H and O–H groups in total. The largest absolute Gasteiger partial charge is 0.444 e. The highest BCUT2D eigenvalue weighted by atomic mass is 16.8. The van der Waals surface area contributed by atoms with E-state index in [4.69, 9.17) is 14.2 Å². The van der Waals surface area contributed by atoms with Crippen LogP contribution in [0.5, 0.6) is 0 Å². The standard InChI is InChI=1S/C10H15NO5/c1-9(2,3)16-8(13)11-5-14-10(4)6(11)7(12)15-10/h6H,5H2,1-4H3/t6-,10?/m1/s1. The third-order valence-electron chi connectivity index (χ3n) is 2.45. The van der Waals surface area contributed by atoms with Crippen molar-refractivity contribution in [2.24, 2.45) is 0 Å². The third kappa shape index (κ3) is 1.63. The van der Waals surface area contributed by atoms with Crippen LogP contribution in [-0.2, 0) is 19.0 Å². The maximum atomic E-state index is 11.8. The fraction of sp³-hybridized carbons (Fsp3) is 0.800. The summed E-state index contributed by atoms with van der Waals surface area (Å²) >= 11 is 0. The zero-order chi connectivity index (χ0) is 12.1. The van der Waals surface area contributed by atoms with Gasteiger partial charge in [0.05, 0.1) is 0 Å². The average molecular weight is 229 g/mol. The molecule has 1 unspecified atom stereocenters. The summed E-state index contributed by atoms with van der Waals surface area (Å²) < 4.78 is 15.3. The summed E-state index contributed by atoms with van der Waals surface area (Å²) in [4.78, 5) is 24.2. The summed E-state index contributed by atoms with van der Waals surface area (Å²) in [6.07, 6.45) is -0.558. The molecule has 6 nitrogen and oxygen atoms in total. The molecular weight excluding hydrogens is 214 g/mol. The first-order valence-corrected chi connectivity index (χ1v) is 5.09. The van der Waals surface area contributed by atoms with Crippen molar-refractivity contribution in [1.29, 1.82) is 0 Å². The maximum absolute atomic E-state index is 11.8. The highest BCUT2D eigenvalue weighted by molar-refractivity contribution is 5.88. The smallest absolute Gasteiger partial charge is 0.413 e. The Balaban J connectivity index is 2.07. The van der Waals surface area contributed by atoms with E-state index in [0.717, 1.165) is 0 Å². The van der Waals surface area contributed by atoms with E-state index < -0.39 is 29.5 Å². The van der Waals surface area contributed by atoms with E-state index >= 15 is 0 Å². The fourth-order valence-corrected chi connectivity index (χ4v) is 1.74. The van der Waals surface area contributed by atoms with Gasteiger partial charge in [-0.25, -0.2) is 9.59 Å². The van der Waals surface area contributed by atoms with E-state index in [-0.39, 0.29) is 6.73 Å². The molecule has 0 bridgehead atoms. The highest BCUT2D eigenvalue weighted by Gasteiger charge is 2.64. The number of fused-ring (bicyclic) bond motifs is 1. The van der Waals surface area contributed by atoms with Gasteiger partial charge in [0, 0.05) is 6.92 Å². The van der Waals surface area contributed by atoms with Crippen LogP contribution in [0.3, 0.4) is 0 Å². The third-order valence-corrected chi connectivity index (χ3v) is 2.45. The SMILES string of the molecule is CC(C)(C)OC(=O)N1COC2(C)OC(=O)[C@@H]12. The number of nitrogens with zero attached hydrogens (tertiary/aromatic N) is 1. The molecule has 0 saturated carbocycles. The van der Waals surface area contributed by atoms with Crippen molar-refractivity contribution >= 4 is 12.1 Å². The van der Waals surface area contributed by atoms with Gasteiger partial charge in [0.2, 0.25) is 5.79 Å². The quantitative estimate of drug-likeness (QED) is 0.576. The Morgan fingerprint density at radius 3 is 2.69 bits per heavy atom. The van der Waals surface area contributed by atoms with Crippen molar-refractivity contribution in [2.45, 2.75) is 45.1 Å². The van der Waals surface area contributed by atoms with E-state index in [0.29, 0.717) is 0 Å². The van der Waals surface area contributed by atoms with Crippen LogP contribution in [0, 0.1) is 0 Å². The topological polar surface area (TPSA) is 65.1 Å². The summed E-state index contributed by atoms with van der Waals surface area (Å²) in [6.45, 7) is 6.94. The normalized spacial score (nSPS) is 32.9. The predicted octanol–water partition coefficient (Wildman–Crippen LogP) is 0.853. The molecule has 0 aliphatic carbocycles. The molecule has 0 aromatic carbocycles. The molecule has 6 heteroatoms. The molecule has 2 saturated heterocycles. The van der Waals surface area contributed by atoms with Gasteiger partial charge in [-0.2, -0.15) is 0 Å². The number of carbonyl (C=O) groups is 2. The lowest BCUT2D eigenvalue weighted by Gasteiger charge is -2.39. The van der Waals surface area contributed by atoms with Gasteiger partial charge in [-0.15, -0.1) is 0 Å². The number of hydrogen-bond donors (Lipinski definition) is 0. The van der Waals surface area contributed by atoms with Crippen LogP contribution in [0.15, 0.2) is 0 Å². The van der Waals surface area contributed by atoms with Crippen LogP contribution in [0.4, 0.5) is 4.79 Å². The van der Waals surface area contributed by atoms with Gasteiger partial charge in [0.25, 0.3) is 0 Å². The minimum absolute atomic E-state index is 0.0157. The van der Waals surface area contributed by atoms with Crippen LogP contribution >= 0.6 is 0 Å². The molecular formula is C10H15NO5. The van der Waals surface area contributed by atoms with E-state index in [9.17, 15) is 9.59 Å². The molecule has 0 aromatic rings. The summed E-state index contributed by atoms with van der Waals surface area (Å²) in [6, 6.07) is -0.678. The van der Waals surface area contributed by atoms with Gasteiger partial charge in [-0.05, 0) is 20.8 Å². The van der Waals surface area contributed by atoms with E-state index in [2.05, 4.69) is 0 Å².